The molecular weight excluding hydrogens is 384 g/mol. The number of methoxy groups -OCH3 is 2. The molecule has 2 amide bonds. The van der Waals surface area contributed by atoms with Crippen molar-refractivity contribution in [1.29, 1.82) is 0 Å². The third-order valence-corrected chi connectivity index (χ3v) is 5.94. The lowest BCUT2D eigenvalue weighted by atomic mass is 9.95. The molecule has 0 bridgehead atoms. The Hall–Kier alpha value is -3.06. The highest BCUT2D eigenvalue weighted by molar-refractivity contribution is 6.04. The molecule has 158 valence electrons. The maximum absolute atomic E-state index is 13.2. The summed E-state index contributed by atoms with van der Waals surface area (Å²) in [6, 6.07) is 12.9. The van der Waals surface area contributed by atoms with Gasteiger partial charge in [0.1, 0.15) is 0 Å². The molecule has 4 rings (SSSR count). The second-order valence-electron chi connectivity index (χ2n) is 7.86. The molecule has 2 aromatic carbocycles. The number of rotatable bonds is 6. The van der Waals surface area contributed by atoms with Crippen molar-refractivity contribution in [3.8, 4) is 11.5 Å². The number of amides is 2. The number of ether oxygens (including phenoxy) is 2. The highest BCUT2D eigenvalue weighted by Gasteiger charge is 2.51. The van der Waals surface area contributed by atoms with E-state index >= 15 is 0 Å². The number of hydrogen-bond donors (Lipinski definition) is 2. The topological polar surface area (TPSA) is 88.1 Å². The highest BCUT2D eigenvalue weighted by Crippen LogP contribution is 2.49. The van der Waals surface area contributed by atoms with Crippen molar-refractivity contribution in [3.63, 3.8) is 0 Å². The van der Waals surface area contributed by atoms with Crippen LogP contribution in [-0.2, 0) is 10.2 Å². The molecule has 7 nitrogen and oxygen atoms in total. The number of aliphatic hydroxyl groups is 1. The molecule has 2 aromatic rings. The standard InChI is InChI=1S/C23H26N2O5/c1-29-19-13-15(21(27)25-11-8-17(26)14-25)12-18(20(19)30-2)24-22(28)23(9-10-23)16-6-4-3-5-7-16/h3-7,12-13,17,26H,8-11,14H2,1-2H3,(H,24,28)/t17-/m0/s1. The Balaban J connectivity index is 1.65. The summed E-state index contributed by atoms with van der Waals surface area (Å²) in [6.45, 7) is 0.791. The van der Waals surface area contributed by atoms with Gasteiger partial charge in [-0.2, -0.15) is 0 Å². The van der Waals surface area contributed by atoms with Crippen LogP contribution >= 0.6 is 0 Å². The fourth-order valence-corrected chi connectivity index (χ4v) is 4.06. The molecule has 0 spiro atoms. The van der Waals surface area contributed by atoms with Gasteiger partial charge in [0.05, 0.1) is 31.4 Å². The van der Waals surface area contributed by atoms with Crippen LogP contribution in [0, 0.1) is 0 Å². The molecule has 2 aliphatic rings. The second-order valence-corrected chi connectivity index (χ2v) is 7.86. The number of likely N-dealkylation sites (tertiary alicyclic amines) is 1. The second kappa shape index (κ2) is 7.99. The summed E-state index contributed by atoms with van der Waals surface area (Å²) in [5.74, 6) is 0.387. The van der Waals surface area contributed by atoms with Gasteiger partial charge in [-0.25, -0.2) is 0 Å². The molecular formula is C23H26N2O5. The molecule has 1 atom stereocenters. The zero-order valence-electron chi connectivity index (χ0n) is 17.2. The summed E-state index contributed by atoms with van der Waals surface area (Å²) in [6.07, 6.45) is 1.59. The first kappa shape index (κ1) is 20.2. The van der Waals surface area contributed by atoms with E-state index in [1.165, 1.54) is 14.2 Å². The van der Waals surface area contributed by atoms with Gasteiger partial charge in [0, 0.05) is 18.7 Å². The Morgan fingerprint density at radius 3 is 2.43 bits per heavy atom. The lowest BCUT2D eigenvalue weighted by molar-refractivity contribution is -0.118. The summed E-state index contributed by atoms with van der Waals surface area (Å²) in [5.41, 5.74) is 1.19. The number of aliphatic hydroxyl groups excluding tert-OH is 1. The minimum atomic E-state index is -0.557. The van der Waals surface area contributed by atoms with Gasteiger partial charge in [0.2, 0.25) is 5.91 Å². The molecule has 1 aliphatic heterocycles. The molecule has 0 unspecified atom stereocenters. The predicted octanol–water partition coefficient (Wildman–Crippen LogP) is 2.58. The van der Waals surface area contributed by atoms with Crippen molar-refractivity contribution >= 4 is 17.5 Å². The summed E-state index contributed by atoms with van der Waals surface area (Å²) in [5, 5.41) is 12.7. The third-order valence-electron chi connectivity index (χ3n) is 5.94. The van der Waals surface area contributed by atoms with Gasteiger partial charge in [-0.15, -0.1) is 0 Å². The van der Waals surface area contributed by atoms with Crippen LogP contribution in [0.2, 0.25) is 0 Å². The van der Waals surface area contributed by atoms with Crippen molar-refractivity contribution < 1.29 is 24.2 Å². The van der Waals surface area contributed by atoms with Crippen molar-refractivity contribution in [2.24, 2.45) is 0 Å². The first-order valence-corrected chi connectivity index (χ1v) is 10.1. The molecule has 0 aromatic heterocycles. The Labute approximate surface area is 175 Å². The van der Waals surface area contributed by atoms with Gasteiger partial charge >= 0.3 is 0 Å². The molecule has 0 radical (unpaired) electrons. The molecule has 1 saturated carbocycles. The van der Waals surface area contributed by atoms with E-state index in [0.29, 0.717) is 42.3 Å². The third kappa shape index (κ3) is 3.61. The number of anilines is 1. The Morgan fingerprint density at radius 2 is 1.87 bits per heavy atom. The fourth-order valence-electron chi connectivity index (χ4n) is 4.06. The molecule has 2 N–H and O–H groups in total. The lowest BCUT2D eigenvalue weighted by Crippen LogP contribution is -2.30. The summed E-state index contributed by atoms with van der Waals surface area (Å²) in [4.78, 5) is 27.7. The maximum atomic E-state index is 13.2. The van der Waals surface area contributed by atoms with E-state index in [1.54, 1.807) is 17.0 Å². The first-order valence-electron chi connectivity index (χ1n) is 10.1. The number of carbonyl (C=O) groups is 2. The van der Waals surface area contributed by atoms with Crippen LogP contribution in [0.25, 0.3) is 0 Å². The van der Waals surface area contributed by atoms with Crippen molar-refractivity contribution in [3.05, 3.63) is 53.6 Å². The van der Waals surface area contributed by atoms with E-state index in [4.69, 9.17) is 9.47 Å². The number of carbonyl (C=O) groups excluding carboxylic acids is 2. The normalized spacial score (nSPS) is 19.3. The van der Waals surface area contributed by atoms with Crippen molar-refractivity contribution in [2.75, 3.05) is 32.6 Å². The fraction of sp³-hybridized carbons (Fsp3) is 0.391. The largest absolute Gasteiger partial charge is 0.493 e. The zero-order valence-corrected chi connectivity index (χ0v) is 17.2. The van der Waals surface area contributed by atoms with E-state index in [-0.39, 0.29) is 11.8 Å². The van der Waals surface area contributed by atoms with E-state index in [1.807, 2.05) is 30.3 Å². The van der Waals surface area contributed by atoms with Crippen LogP contribution in [0.1, 0.15) is 35.2 Å². The van der Waals surface area contributed by atoms with Gasteiger partial charge in [-0.05, 0) is 37.0 Å². The predicted molar refractivity (Wildman–Crippen MR) is 112 cm³/mol. The van der Waals surface area contributed by atoms with Crippen LogP contribution in [-0.4, -0.2) is 55.2 Å². The van der Waals surface area contributed by atoms with E-state index in [0.717, 1.165) is 18.4 Å². The van der Waals surface area contributed by atoms with Crippen LogP contribution in [0.15, 0.2) is 42.5 Å². The van der Waals surface area contributed by atoms with Crippen LogP contribution in [0.5, 0.6) is 11.5 Å². The van der Waals surface area contributed by atoms with Crippen LogP contribution in [0.3, 0.4) is 0 Å². The Kier molecular flexibility index (Phi) is 5.39. The van der Waals surface area contributed by atoms with Gasteiger partial charge in [0.25, 0.3) is 5.91 Å². The molecule has 1 aliphatic carbocycles. The average Bonchev–Trinajstić information content (AvgIpc) is 3.48. The molecule has 7 heteroatoms. The van der Waals surface area contributed by atoms with Crippen molar-refractivity contribution in [1.82, 2.24) is 4.90 Å². The molecule has 1 heterocycles. The smallest absolute Gasteiger partial charge is 0.254 e. The van der Waals surface area contributed by atoms with E-state index in [9.17, 15) is 14.7 Å². The molecule has 2 fully saturated rings. The Bertz CT molecular complexity index is 956. The lowest BCUT2D eigenvalue weighted by Gasteiger charge is -2.21. The van der Waals surface area contributed by atoms with Crippen molar-refractivity contribution in [2.45, 2.75) is 30.8 Å². The minimum absolute atomic E-state index is 0.129. The van der Waals surface area contributed by atoms with E-state index < -0.39 is 11.5 Å². The van der Waals surface area contributed by atoms with Gasteiger partial charge < -0.3 is 24.8 Å². The summed E-state index contributed by atoms with van der Waals surface area (Å²) < 4.78 is 10.9. The SMILES string of the molecule is COc1cc(C(=O)N2CC[C@H](O)C2)cc(NC(=O)C2(c3ccccc3)CC2)c1OC. The zero-order chi connectivity index (χ0) is 21.3. The quantitative estimate of drug-likeness (QED) is 0.764. The first-order chi connectivity index (χ1) is 14.5. The number of benzene rings is 2. The van der Waals surface area contributed by atoms with E-state index in [2.05, 4.69) is 5.32 Å². The molecule has 1 saturated heterocycles. The molecule has 30 heavy (non-hydrogen) atoms. The van der Waals surface area contributed by atoms with Crippen LogP contribution in [0.4, 0.5) is 5.69 Å². The average molecular weight is 410 g/mol. The summed E-state index contributed by atoms with van der Waals surface area (Å²) >= 11 is 0. The summed E-state index contributed by atoms with van der Waals surface area (Å²) in [7, 11) is 2.99. The number of nitrogens with one attached hydrogen (secondary N) is 1. The Morgan fingerprint density at radius 1 is 1.13 bits per heavy atom. The van der Waals surface area contributed by atoms with Gasteiger partial charge in [-0.3, -0.25) is 9.59 Å². The van der Waals surface area contributed by atoms with Crippen LogP contribution < -0.4 is 14.8 Å². The van der Waals surface area contributed by atoms with Gasteiger partial charge in [-0.1, -0.05) is 30.3 Å². The maximum Gasteiger partial charge on any atom is 0.254 e. The minimum Gasteiger partial charge on any atom is -0.493 e. The van der Waals surface area contributed by atoms with Gasteiger partial charge in [0.15, 0.2) is 11.5 Å². The number of hydrogen-bond acceptors (Lipinski definition) is 5. The number of nitrogens with zero attached hydrogens (tertiary/aromatic N) is 1. The highest BCUT2D eigenvalue weighted by atomic mass is 16.5. The number of β-amino-alcohol motifs (C(OH)–C–C–N with tert-alkyl or cyclic N) is 1. The monoisotopic (exact) mass is 410 g/mol.